The van der Waals surface area contributed by atoms with Gasteiger partial charge in [0, 0.05) is 31.3 Å². The van der Waals surface area contributed by atoms with Gasteiger partial charge in [0.05, 0.1) is 12.3 Å². The summed E-state index contributed by atoms with van der Waals surface area (Å²) in [5.74, 6) is 0.831. The van der Waals surface area contributed by atoms with Gasteiger partial charge in [-0.1, -0.05) is 18.2 Å². The van der Waals surface area contributed by atoms with Gasteiger partial charge in [-0.25, -0.2) is 0 Å². The molecule has 112 valence electrons. The molecule has 0 unspecified atom stereocenters. The number of hydrogen-bond acceptors (Lipinski definition) is 3. The standard InChI is InChI=1S/C16H21N3O2/c1-3-21-15-7-5-4-6-14(15)12-17-16(20)9-11-19-10-8-13(2)18-19/h4-8,10H,3,9,11-12H2,1-2H3,(H,17,20). The topological polar surface area (TPSA) is 56.1 Å². The number of carbonyl (C=O) groups excluding carboxylic acids is 1. The number of para-hydroxylation sites is 1. The summed E-state index contributed by atoms with van der Waals surface area (Å²) in [6.45, 7) is 5.56. The quantitative estimate of drug-likeness (QED) is 0.850. The lowest BCUT2D eigenvalue weighted by molar-refractivity contribution is -0.121. The lowest BCUT2D eigenvalue weighted by Crippen LogP contribution is -2.24. The van der Waals surface area contributed by atoms with Crippen molar-refractivity contribution in [3.8, 4) is 5.75 Å². The summed E-state index contributed by atoms with van der Waals surface area (Å²) in [5.41, 5.74) is 1.95. The Morgan fingerprint density at radius 2 is 2.14 bits per heavy atom. The minimum atomic E-state index is 0.00875. The molecule has 0 saturated carbocycles. The maximum atomic E-state index is 11.9. The van der Waals surface area contributed by atoms with Gasteiger partial charge in [0.15, 0.2) is 0 Å². The van der Waals surface area contributed by atoms with E-state index in [-0.39, 0.29) is 5.91 Å². The van der Waals surface area contributed by atoms with Crippen molar-refractivity contribution in [2.24, 2.45) is 0 Å². The molecule has 0 spiro atoms. The molecule has 2 aromatic rings. The summed E-state index contributed by atoms with van der Waals surface area (Å²) in [4.78, 5) is 11.9. The molecule has 0 radical (unpaired) electrons. The Balaban J connectivity index is 1.81. The van der Waals surface area contributed by atoms with Gasteiger partial charge < -0.3 is 10.1 Å². The van der Waals surface area contributed by atoms with Gasteiger partial charge in [-0.2, -0.15) is 5.10 Å². The molecule has 0 atom stereocenters. The number of ether oxygens (including phenoxy) is 1. The van der Waals surface area contributed by atoms with Crippen LogP contribution in [0.5, 0.6) is 5.75 Å². The van der Waals surface area contributed by atoms with Crippen LogP contribution in [0.3, 0.4) is 0 Å². The van der Waals surface area contributed by atoms with Crippen molar-refractivity contribution in [1.82, 2.24) is 15.1 Å². The third-order valence-corrected chi connectivity index (χ3v) is 3.09. The van der Waals surface area contributed by atoms with Crippen LogP contribution in [0.15, 0.2) is 36.5 Å². The average Bonchev–Trinajstić information content (AvgIpc) is 2.90. The van der Waals surface area contributed by atoms with Crippen molar-refractivity contribution in [2.45, 2.75) is 33.4 Å². The lowest BCUT2D eigenvalue weighted by atomic mass is 10.2. The number of hydrogen-bond donors (Lipinski definition) is 1. The predicted molar refractivity (Wildman–Crippen MR) is 81.0 cm³/mol. The maximum absolute atomic E-state index is 11.9. The monoisotopic (exact) mass is 287 g/mol. The van der Waals surface area contributed by atoms with Gasteiger partial charge in [0.25, 0.3) is 0 Å². The van der Waals surface area contributed by atoms with Crippen molar-refractivity contribution in [2.75, 3.05) is 6.61 Å². The maximum Gasteiger partial charge on any atom is 0.222 e. The summed E-state index contributed by atoms with van der Waals surface area (Å²) in [6, 6.07) is 9.67. The first kappa shape index (κ1) is 15.1. The molecule has 0 aliphatic heterocycles. The molecule has 0 aliphatic rings. The van der Waals surface area contributed by atoms with Crippen LogP contribution in [0.1, 0.15) is 24.6 Å². The first-order chi connectivity index (χ1) is 10.2. The summed E-state index contributed by atoms with van der Waals surface area (Å²) in [7, 11) is 0. The molecule has 0 bridgehead atoms. The first-order valence-corrected chi connectivity index (χ1v) is 7.16. The number of nitrogens with zero attached hydrogens (tertiary/aromatic N) is 2. The van der Waals surface area contributed by atoms with Gasteiger partial charge in [0.2, 0.25) is 5.91 Å². The fourth-order valence-electron chi connectivity index (χ4n) is 2.03. The second-order valence-corrected chi connectivity index (χ2v) is 4.79. The van der Waals surface area contributed by atoms with E-state index in [1.165, 1.54) is 0 Å². The normalized spacial score (nSPS) is 10.4. The Kier molecular flexibility index (Phi) is 5.37. The van der Waals surface area contributed by atoms with Crippen molar-refractivity contribution >= 4 is 5.91 Å². The number of aryl methyl sites for hydroxylation is 2. The molecule has 0 saturated heterocycles. The molecule has 1 amide bonds. The SMILES string of the molecule is CCOc1ccccc1CNC(=O)CCn1ccc(C)n1. The van der Waals surface area contributed by atoms with Crippen LogP contribution in [-0.4, -0.2) is 22.3 Å². The highest BCUT2D eigenvalue weighted by Crippen LogP contribution is 2.17. The molecule has 5 heteroatoms. The molecule has 1 heterocycles. The summed E-state index contributed by atoms with van der Waals surface area (Å²) < 4.78 is 7.32. The first-order valence-electron chi connectivity index (χ1n) is 7.16. The molecule has 0 fully saturated rings. The zero-order valence-corrected chi connectivity index (χ0v) is 12.5. The molecule has 1 aromatic heterocycles. The number of aromatic nitrogens is 2. The fourth-order valence-corrected chi connectivity index (χ4v) is 2.03. The smallest absolute Gasteiger partial charge is 0.222 e. The Bertz CT molecular complexity index is 593. The number of benzene rings is 1. The molecule has 2 rings (SSSR count). The highest BCUT2D eigenvalue weighted by Gasteiger charge is 2.06. The van der Waals surface area contributed by atoms with Crippen molar-refractivity contribution in [3.05, 3.63) is 47.8 Å². The molecular formula is C16H21N3O2. The molecular weight excluding hydrogens is 266 g/mol. The second-order valence-electron chi connectivity index (χ2n) is 4.79. The van der Waals surface area contributed by atoms with Crippen LogP contribution in [0.2, 0.25) is 0 Å². The zero-order chi connectivity index (χ0) is 15.1. The van der Waals surface area contributed by atoms with Crippen molar-refractivity contribution in [3.63, 3.8) is 0 Å². The third kappa shape index (κ3) is 4.63. The summed E-state index contributed by atoms with van der Waals surface area (Å²) in [5, 5.41) is 7.17. The molecule has 21 heavy (non-hydrogen) atoms. The molecule has 5 nitrogen and oxygen atoms in total. The van der Waals surface area contributed by atoms with Crippen LogP contribution in [0, 0.1) is 6.92 Å². The fraction of sp³-hybridized carbons (Fsp3) is 0.375. The summed E-state index contributed by atoms with van der Waals surface area (Å²) in [6.07, 6.45) is 2.30. The summed E-state index contributed by atoms with van der Waals surface area (Å²) >= 11 is 0. The number of rotatable bonds is 7. The zero-order valence-electron chi connectivity index (χ0n) is 12.5. The van der Waals surface area contributed by atoms with Gasteiger partial charge in [-0.15, -0.1) is 0 Å². The number of amides is 1. The van der Waals surface area contributed by atoms with Crippen LogP contribution < -0.4 is 10.1 Å². The van der Waals surface area contributed by atoms with E-state index in [1.807, 2.05) is 50.4 Å². The van der Waals surface area contributed by atoms with E-state index in [0.717, 1.165) is 17.0 Å². The minimum Gasteiger partial charge on any atom is -0.494 e. The van der Waals surface area contributed by atoms with Gasteiger partial charge >= 0.3 is 0 Å². The predicted octanol–water partition coefficient (Wildman–Crippen LogP) is 2.30. The second kappa shape index (κ2) is 7.47. The van der Waals surface area contributed by atoms with Crippen LogP contribution in [0.25, 0.3) is 0 Å². The van der Waals surface area contributed by atoms with E-state index < -0.39 is 0 Å². The van der Waals surface area contributed by atoms with Gasteiger partial charge in [0.1, 0.15) is 5.75 Å². The third-order valence-electron chi connectivity index (χ3n) is 3.09. The van der Waals surface area contributed by atoms with E-state index in [2.05, 4.69) is 10.4 Å². The highest BCUT2D eigenvalue weighted by molar-refractivity contribution is 5.75. The van der Waals surface area contributed by atoms with Crippen LogP contribution in [0.4, 0.5) is 0 Å². The lowest BCUT2D eigenvalue weighted by Gasteiger charge is -2.11. The van der Waals surface area contributed by atoms with Gasteiger partial charge in [-0.05, 0) is 26.0 Å². The van der Waals surface area contributed by atoms with E-state index in [0.29, 0.717) is 26.1 Å². The molecule has 1 N–H and O–H groups in total. The highest BCUT2D eigenvalue weighted by atomic mass is 16.5. The number of carbonyl (C=O) groups is 1. The Morgan fingerprint density at radius 3 is 2.86 bits per heavy atom. The van der Waals surface area contributed by atoms with E-state index >= 15 is 0 Å². The Labute approximate surface area is 124 Å². The van der Waals surface area contributed by atoms with Crippen molar-refractivity contribution < 1.29 is 9.53 Å². The van der Waals surface area contributed by atoms with Gasteiger partial charge in [-0.3, -0.25) is 9.48 Å². The van der Waals surface area contributed by atoms with E-state index in [4.69, 9.17) is 4.74 Å². The Morgan fingerprint density at radius 1 is 1.33 bits per heavy atom. The van der Waals surface area contributed by atoms with Crippen LogP contribution >= 0.6 is 0 Å². The van der Waals surface area contributed by atoms with Crippen molar-refractivity contribution in [1.29, 1.82) is 0 Å². The Hall–Kier alpha value is -2.30. The average molecular weight is 287 g/mol. The molecule has 1 aromatic carbocycles. The number of nitrogens with one attached hydrogen (secondary N) is 1. The molecule has 0 aliphatic carbocycles. The largest absolute Gasteiger partial charge is 0.494 e. The van der Waals surface area contributed by atoms with E-state index in [1.54, 1.807) is 4.68 Å². The van der Waals surface area contributed by atoms with Crippen LogP contribution in [-0.2, 0) is 17.9 Å². The minimum absolute atomic E-state index is 0.00875. The van der Waals surface area contributed by atoms with E-state index in [9.17, 15) is 4.79 Å².